The topological polar surface area (TPSA) is 102 Å². The van der Waals surface area contributed by atoms with Gasteiger partial charge in [-0.25, -0.2) is 9.97 Å². The Hall–Kier alpha value is -3.42. The third kappa shape index (κ3) is 6.73. The Morgan fingerprint density at radius 1 is 0.979 bits per heavy atom. The van der Waals surface area contributed by atoms with Crippen LogP contribution in [0.1, 0.15) is 67.3 Å². The van der Waals surface area contributed by atoms with E-state index in [1.807, 2.05) is 4.90 Å². The maximum atomic E-state index is 13.7. The first-order valence-corrected chi connectivity index (χ1v) is 17.9. The fourth-order valence-corrected chi connectivity index (χ4v) is 9.22. The molecule has 7 rings (SSSR count). The molecule has 1 aliphatic carbocycles. The first kappa shape index (κ1) is 33.1. The second kappa shape index (κ2) is 13.5. The SMILES string of the molecule is O=C(Nc1nc(-c2cccc(C(F)(F)F)c2)c(N2CC3[C@@H](CCN3C3CCCCC3)C2)s1)c1cnc(N2CCC(C(=O)O)CC2)c(Cl)c1. The van der Waals surface area contributed by atoms with Crippen LogP contribution >= 0.6 is 22.9 Å². The van der Waals surface area contributed by atoms with E-state index in [2.05, 4.69) is 20.1 Å². The van der Waals surface area contributed by atoms with E-state index in [-0.39, 0.29) is 15.7 Å². The number of halogens is 4. The number of fused-ring (bicyclic) bond motifs is 1. The number of rotatable bonds is 7. The molecule has 4 aliphatic rings. The second-order valence-electron chi connectivity index (χ2n) is 13.4. The van der Waals surface area contributed by atoms with E-state index in [0.717, 1.165) is 43.2 Å². The van der Waals surface area contributed by atoms with Crippen molar-refractivity contribution in [3.05, 3.63) is 52.7 Å². The summed E-state index contributed by atoms with van der Waals surface area (Å²) in [6, 6.07) is 7.70. The van der Waals surface area contributed by atoms with Crippen LogP contribution in [0.5, 0.6) is 0 Å². The van der Waals surface area contributed by atoms with Gasteiger partial charge in [0.15, 0.2) is 5.13 Å². The maximum absolute atomic E-state index is 13.7. The highest BCUT2D eigenvalue weighted by Crippen LogP contribution is 2.45. The molecule has 0 spiro atoms. The maximum Gasteiger partial charge on any atom is 0.416 e. The predicted octanol–water partition coefficient (Wildman–Crippen LogP) is 7.27. The van der Waals surface area contributed by atoms with Crippen LogP contribution in [0.4, 0.5) is 29.1 Å². The normalized spacial score (nSPS) is 22.7. The molecule has 0 bridgehead atoms. The van der Waals surface area contributed by atoms with Gasteiger partial charge in [0.1, 0.15) is 16.5 Å². The predicted molar refractivity (Wildman–Crippen MR) is 180 cm³/mol. The molecule has 1 saturated carbocycles. The zero-order valence-corrected chi connectivity index (χ0v) is 28.0. The van der Waals surface area contributed by atoms with E-state index < -0.39 is 29.5 Å². The van der Waals surface area contributed by atoms with Gasteiger partial charge in [0.25, 0.3) is 5.91 Å². The molecule has 1 amide bonds. The zero-order valence-electron chi connectivity index (χ0n) is 26.4. The number of carboxylic acid groups (broad SMARTS) is 1. The molecular formula is C34H38ClF3N6O3S. The Kier molecular flexibility index (Phi) is 9.29. The minimum Gasteiger partial charge on any atom is -0.481 e. The molecule has 2 N–H and O–H groups in total. The van der Waals surface area contributed by atoms with Crippen LogP contribution in [0, 0.1) is 11.8 Å². The summed E-state index contributed by atoms with van der Waals surface area (Å²) in [7, 11) is 0. The van der Waals surface area contributed by atoms with Gasteiger partial charge < -0.3 is 14.9 Å². The van der Waals surface area contributed by atoms with Crippen molar-refractivity contribution < 1.29 is 27.9 Å². The van der Waals surface area contributed by atoms with Crippen LogP contribution in [0.15, 0.2) is 36.5 Å². The van der Waals surface area contributed by atoms with Crippen molar-refractivity contribution in [1.82, 2.24) is 14.9 Å². The monoisotopic (exact) mass is 702 g/mol. The number of likely N-dealkylation sites (tertiary alicyclic amines) is 1. The number of thiazole rings is 1. The Morgan fingerprint density at radius 2 is 1.75 bits per heavy atom. The van der Waals surface area contributed by atoms with Crippen LogP contribution in [-0.4, -0.2) is 76.7 Å². The molecular weight excluding hydrogens is 665 g/mol. The molecule has 48 heavy (non-hydrogen) atoms. The van der Waals surface area contributed by atoms with E-state index in [1.54, 1.807) is 6.07 Å². The lowest BCUT2D eigenvalue weighted by Gasteiger charge is -2.35. The molecule has 2 aromatic heterocycles. The minimum absolute atomic E-state index is 0.209. The van der Waals surface area contributed by atoms with Crippen LogP contribution < -0.4 is 15.1 Å². The number of aromatic nitrogens is 2. The number of piperidine rings is 1. The number of carbonyl (C=O) groups is 2. The Bertz CT molecular complexity index is 1670. The summed E-state index contributed by atoms with van der Waals surface area (Å²) in [6.07, 6.45) is 5.23. The molecule has 3 saturated heterocycles. The van der Waals surface area contributed by atoms with Gasteiger partial charge >= 0.3 is 12.1 Å². The molecule has 1 unspecified atom stereocenters. The lowest BCUT2D eigenvalue weighted by atomic mass is 9.93. The van der Waals surface area contributed by atoms with E-state index in [9.17, 15) is 27.9 Å². The van der Waals surface area contributed by atoms with E-state index >= 15 is 0 Å². The van der Waals surface area contributed by atoms with Gasteiger partial charge in [-0.3, -0.25) is 19.8 Å². The van der Waals surface area contributed by atoms with Crippen molar-refractivity contribution in [3.8, 4) is 11.3 Å². The van der Waals surface area contributed by atoms with E-state index in [1.165, 1.54) is 61.8 Å². The number of hydrogen-bond donors (Lipinski definition) is 2. The molecule has 1 aromatic carbocycles. The number of hydrogen-bond acceptors (Lipinski definition) is 8. The second-order valence-corrected chi connectivity index (χ2v) is 14.8. The Labute approximate surface area is 286 Å². The number of anilines is 3. The fraction of sp³-hybridized carbons (Fsp3) is 0.529. The molecule has 3 aliphatic heterocycles. The van der Waals surface area contributed by atoms with Gasteiger partial charge in [0.2, 0.25) is 0 Å². The quantitative estimate of drug-likeness (QED) is 0.265. The first-order chi connectivity index (χ1) is 23.0. The molecule has 4 fully saturated rings. The molecule has 14 heteroatoms. The van der Waals surface area contributed by atoms with Crippen LogP contribution in [0.2, 0.25) is 5.02 Å². The molecule has 5 heterocycles. The smallest absolute Gasteiger partial charge is 0.416 e. The lowest BCUT2D eigenvalue weighted by molar-refractivity contribution is -0.142. The molecule has 256 valence electrons. The molecule has 3 aromatic rings. The Morgan fingerprint density at radius 3 is 2.46 bits per heavy atom. The standard InChI is InChI=1S/C34H38ClF3N6O3S/c35-26-16-23(17-39-29(26)42-12-9-20(10-13-42)32(46)47)30(45)41-33-40-28(21-5-4-6-24(15-21)34(36,37)38)31(48-33)43-18-22-11-14-44(27(22)19-43)25-7-2-1-3-8-25/h4-6,15-17,20,22,25,27H,1-3,7-14,18-19H2,(H,46,47)(H,40,41,45)/t22-,27?/m0/s1. The minimum atomic E-state index is -4.50. The summed E-state index contributed by atoms with van der Waals surface area (Å²) >= 11 is 7.82. The van der Waals surface area contributed by atoms with E-state index in [0.29, 0.717) is 61.0 Å². The molecule has 2 atom stereocenters. The van der Waals surface area contributed by atoms with Crippen LogP contribution in [-0.2, 0) is 11.0 Å². The highest BCUT2D eigenvalue weighted by molar-refractivity contribution is 7.20. The van der Waals surface area contributed by atoms with Crippen molar-refractivity contribution in [1.29, 1.82) is 0 Å². The van der Waals surface area contributed by atoms with Crippen molar-refractivity contribution in [2.24, 2.45) is 11.8 Å². The summed E-state index contributed by atoms with van der Waals surface area (Å²) in [5, 5.41) is 13.4. The van der Waals surface area contributed by atoms with Crippen molar-refractivity contribution >= 4 is 50.8 Å². The van der Waals surface area contributed by atoms with Crippen molar-refractivity contribution in [2.75, 3.05) is 47.8 Å². The van der Waals surface area contributed by atoms with Gasteiger partial charge in [-0.15, -0.1) is 0 Å². The van der Waals surface area contributed by atoms with E-state index in [4.69, 9.17) is 16.6 Å². The number of carboxylic acids is 1. The lowest BCUT2D eigenvalue weighted by Crippen LogP contribution is -2.43. The number of nitrogens with zero attached hydrogens (tertiary/aromatic N) is 5. The number of benzene rings is 1. The summed E-state index contributed by atoms with van der Waals surface area (Å²) in [5.41, 5.74) is 0.222. The third-order valence-corrected chi connectivity index (χ3v) is 11.8. The molecule has 0 radical (unpaired) electrons. The zero-order chi connectivity index (χ0) is 33.6. The number of nitrogens with one attached hydrogen (secondary N) is 1. The number of amides is 1. The fourth-order valence-electron chi connectivity index (χ4n) is 7.93. The molecule has 9 nitrogen and oxygen atoms in total. The highest BCUT2D eigenvalue weighted by atomic mass is 35.5. The van der Waals surface area contributed by atoms with Gasteiger partial charge in [0, 0.05) is 50.0 Å². The van der Waals surface area contributed by atoms with Crippen molar-refractivity contribution in [2.45, 2.75) is 69.6 Å². The number of aliphatic carboxylic acids is 1. The average molecular weight is 703 g/mol. The van der Waals surface area contributed by atoms with Gasteiger partial charge in [-0.05, 0) is 62.8 Å². The van der Waals surface area contributed by atoms with Gasteiger partial charge in [-0.1, -0.05) is 54.3 Å². The largest absolute Gasteiger partial charge is 0.481 e. The average Bonchev–Trinajstić information content (AvgIpc) is 3.79. The van der Waals surface area contributed by atoms with Gasteiger partial charge in [-0.2, -0.15) is 13.2 Å². The number of alkyl halides is 3. The number of pyridine rings is 1. The summed E-state index contributed by atoms with van der Waals surface area (Å²) in [4.78, 5) is 40.7. The highest BCUT2D eigenvalue weighted by Gasteiger charge is 2.45. The third-order valence-electron chi connectivity index (χ3n) is 10.4. The number of carbonyl (C=O) groups excluding carboxylic acids is 1. The first-order valence-electron chi connectivity index (χ1n) is 16.7. The Balaban J connectivity index is 1.13. The van der Waals surface area contributed by atoms with Crippen LogP contribution in [0.25, 0.3) is 11.3 Å². The summed E-state index contributed by atoms with van der Waals surface area (Å²) < 4.78 is 41.2. The van der Waals surface area contributed by atoms with Crippen LogP contribution in [0.3, 0.4) is 0 Å². The van der Waals surface area contributed by atoms with Gasteiger partial charge in [0.05, 0.1) is 22.1 Å². The summed E-state index contributed by atoms with van der Waals surface area (Å²) in [5.74, 6) is -0.732. The summed E-state index contributed by atoms with van der Waals surface area (Å²) in [6.45, 7) is 3.64. The van der Waals surface area contributed by atoms with Crippen molar-refractivity contribution in [3.63, 3.8) is 0 Å².